The highest BCUT2D eigenvalue weighted by molar-refractivity contribution is 6.36. The monoisotopic (exact) mass is 498 g/mol. The summed E-state index contributed by atoms with van der Waals surface area (Å²) >= 11 is 12.4. The summed E-state index contributed by atoms with van der Waals surface area (Å²) in [6.07, 6.45) is 4.08. The lowest BCUT2D eigenvalue weighted by molar-refractivity contribution is -0.131. The second kappa shape index (κ2) is 11.7. The van der Waals surface area contributed by atoms with E-state index in [1.165, 1.54) is 5.56 Å². The molecule has 0 radical (unpaired) electrons. The summed E-state index contributed by atoms with van der Waals surface area (Å²) in [5, 5.41) is 4.18. The van der Waals surface area contributed by atoms with E-state index in [2.05, 4.69) is 17.4 Å². The number of nitrogens with one attached hydrogen (secondary N) is 1. The molecular formula is C27H28Cl2N2O3. The fraction of sp³-hybridized carbons (Fsp3) is 0.333. The van der Waals surface area contributed by atoms with E-state index >= 15 is 0 Å². The molecule has 1 amide bonds. The van der Waals surface area contributed by atoms with Crippen LogP contribution >= 0.6 is 23.2 Å². The van der Waals surface area contributed by atoms with Crippen LogP contribution in [0.1, 0.15) is 41.2 Å². The van der Waals surface area contributed by atoms with E-state index in [-0.39, 0.29) is 18.1 Å². The molecule has 178 valence electrons. The zero-order valence-electron chi connectivity index (χ0n) is 18.9. The number of amides is 1. The van der Waals surface area contributed by atoms with Crippen molar-refractivity contribution in [1.29, 1.82) is 0 Å². The van der Waals surface area contributed by atoms with Gasteiger partial charge >= 0.3 is 0 Å². The van der Waals surface area contributed by atoms with Crippen LogP contribution in [-0.4, -0.2) is 36.2 Å². The molecule has 1 aliphatic rings. The van der Waals surface area contributed by atoms with E-state index in [0.29, 0.717) is 54.1 Å². The van der Waals surface area contributed by atoms with Gasteiger partial charge in [-0.1, -0.05) is 53.5 Å². The molecule has 0 spiro atoms. The number of furan rings is 1. The first-order valence-corrected chi connectivity index (χ1v) is 12.3. The van der Waals surface area contributed by atoms with Crippen molar-refractivity contribution in [3.63, 3.8) is 0 Å². The molecule has 1 fully saturated rings. The maximum Gasteiger partial charge on any atom is 0.227 e. The summed E-state index contributed by atoms with van der Waals surface area (Å²) in [6, 6.07) is 17.3. The van der Waals surface area contributed by atoms with Gasteiger partial charge in [-0.3, -0.25) is 9.59 Å². The maximum atomic E-state index is 12.8. The fourth-order valence-corrected chi connectivity index (χ4v) is 4.89. The largest absolute Gasteiger partial charge is 0.468 e. The number of likely N-dealkylation sites (tertiary alicyclic amines) is 1. The van der Waals surface area contributed by atoms with Gasteiger partial charge in [0.15, 0.2) is 5.78 Å². The van der Waals surface area contributed by atoms with Gasteiger partial charge in [-0.25, -0.2) is 0 Å². The van der Waals surface area contributed by atoms with Gasteiger partial charge < -0.3 is 14.6 Å². The molecule has 0 aliphatic carbocycles. The van der Waals surface area contributed by atoms with Crippen molar-refractivity contribution in [2.75, 3.05) is 19.6 Å². The van der Waals surface area contributed by atoms with Crippen LogP contribution in [-0.2, 0) is 29.0 Å². The Labute approximate surface area is 210 Å². The Morgan fingerprint density at radius 3 is 2.29 bits per heavy atom. The number of nitrogens with zero attached hydrogens (tertiary/aromatic N) is 1. The predicted molar refractivity (Wildman–Crippen MR) is 134 cm³/mol. The average Bonchev–Trinajstić information content (AvgIpc) is 3.36. The van der Waals surface area contributed by atoms with E-state index in [1.54, 1.807) is 24.5 Å². The third-order valence-electron chi connectivity index (χ3n) is 6.29. The summed E-state index contributed by atoms with van der Waals surface area (Å²) in [5.74, 6) is 1.43. The molecule has 1 aliphatic heterocycles. The van der Waals surface area contributed by atoms with Crippen LogP contribution in [0.2, 0.25) is 10.0 Å². The van der Waals surface area contributed by atoms with Crippen LogP contribution < -0.4 is 5.32 Å². The van der Waals surface area contributed by atoms with Gasteiger partial charge in [0.2, 0.25) is 5.91 Å². The van der Waals surface area contributed by atoms with Crippen LogP contribution in [0.25, 0.3) is 0 Å². The van der Waals surface area contributed by atoms with Gasteiger partial charge in [-0.05, 0) is 59.7 Å². The molecule has 0 saturated carbocycles. The van der Waals surface area contributed by atoms with E-state index < -0.39 is 0 Å². The van der Waals surface area contributed by atoms with Crippen molar-refractivity contribution in [2.24, 2.45) is 0 Å². The van der Waals surface area contributed by atoms with Crippen LogP contribution in [0.4, 0.5) is 0 Å². The summed E-state index contributed by atoms with van der Waals surface area (Å²) in [4.78, 5) is 26.9. The Morgan fingerprint density at radius 2 is 1.65 bits per heavy atom. The van der Waals surface area contributed by atoms with Crippen molar-refractivity contribution >= 4 is 34.9 Å². The lowest BCUT2D eigenvalue weighted by Crippen LogP contribution is -2.38. The van der Waals surface area contributed by atoms with E-state index in [1.807, 2.05) is 29.2 Å². The Bertz CT molecular complexity index is 1090. The number of Topliss-reactive ketones (excluding diaryl/α,β-unsaturated/α-hetero) is 1. The lowest BCUT2D eigenvalue weighted by atomic mass is 9.88. The summed E-state index contributed by atoms with van der Waals surface area (Å²) in [6.45, 7) is 2.29. The number of halogens is 2. The van der Waals surface area contributed by atoms with Crippen molar-refractivity contribution in [3.8, 4) is 0 Å². The number of hydrogen-bond acceptors (Lipinski definition) is 4. The van der Waals surface area contributed by atoms with Crippen LogP contribution in [0.15, 0.2) is 65.3 Å². The Morgan fingerprint density at radius 1 is 0.941 bits per heavy atom. The third kappa shape index (κ3) is 6.50. The lowest BCUT2D eigenvalue weighted by Gasteiger charge is -2.32. The van der Waals surface area contributed by atoms with Crippen LogP contribution in [0.3, 0.4) is 0 Å². The summed E-state index contributed by atoms with van der Waals surface area (Å²) in [7, 11) is 0. The highest BCUT2D eigenvalue weighted by Gasteiger charge is 2.25. The van der Waals surface area contributed by atoms with Gasteiger partial charge in [-0.2, -0.15) is 0 Å². The number of ketones is 1. The molecule has 3 aromatic rings. The quantitative estimate of drug-likeness (QED) is 0.426. The zero-order valence-corrected chi connectivity index (χ0v) is 20.4. The van der Waals surface area contributed by atoms with Crippen LogP contribution in [0.5, 0.6) is 0 Å². The normalized spacial score (nSPS) is 14.4. The zero-order chi connectivity index (χ0) is 23.9. The second-order valence-electron chi connectivity index (χ2n) is 8.67. The molecule has 7 heteroatoms. The topological polar surface area (TPSA) is 62.6 Å². The minimum Gasteiger partial charge on any atom is -0.468 e. The number of piperidine rings is 1. The SMILES string of the molecule is O=C(CNCc1ccco1)Cc1ccc(C2CCN(C(=O)Cc3c(Cl)cccc3Cl)CC2)cc1. The van der Waals surface area contributed by atoms with Crippen molar-refractivity contribution in [1.82, 2.24) is 10.2 Å². The third-order valence-corrected chi connectivity index (χ3v) is 7.00. The molecule has 0 bridgehead atoms. The van der Waals surface area contributed by atoms with Crippen molar-refractivity contribution in [2.45, 2.75) is 38.1 Å². The highest BCUT2D eigenvalue weighted by atomic mass is 35.5. The molecule has 0 atom stereocenters. The molecule has 34 heavy (non-hydrogen) atoms. The van der Waals surface area contributed by atoms with E-state index in [4.69, 9.17) is 27.6 Å². The first kappa shape index (κ1) is 24.5. The highest BCUT2D eigenvalue weighted by Crippen LogP contribution is 2.30. The van der Waals surface area contributed by atoms with Gasteiger partial charge in [0.05, 0.1) is 25.8 Å². The minimum absolute atomic E-state index is 0.0583. The number of benzene rings is 2. The molecule has 2 heterocycles. The standard InChI is InChI=1S/C27H28Cl2N2O3/c28-25-4-1-5-26(29)24(25)16-27(33)31-12-10-21(11-13-31)20-8-6-19(7-9-20)15-22(32)17-30-18-23-3-2-14-34-23/h1-9,14,21,30H,10-13,15-18H2. The fourth-order valence-electron chi connectivity index (χ4n) is 4.36. The molecule has 0 unspecified atom stereocenters. The van der Waals surface area contributed by atoms with Gasteiger partial charge in [0.1, 0.15) is 5.76 Å². The Kier molecular flexibility index (Phi) is 8.44. The van der Waals surface area contributed by atoms with Crippen molar-refractivity contribution in [3.05, 3.63) is 93.4 Å². The smallest absolute Gasteiger partial charge is 0.227 e. The first-order valence-electron chi connectivity index (χ1n) is 11.5. The number of rotatable bonds is 9. The summed E-state index contributed by atoms with van der Waals surface area (Å²) in [5.41, 5.74) is 2.96. The Hall–Kier alpha value is -2.60. The molecule has 5 nitrogen and oxygen atoms in total. The van der Waals surface area contributed by atoms with Gasteiger partial charge in [0, 0.05) is 29.6 Å². The number of carbonyl (C=O) groups excluding carboxylic acids is 2. The van der Waals surface area contributed by atoms with Crippen LogP contribution in [0, 0.1) is 0 Å². The minimum atomic E-state index is 0.0583. The molecule has 4 rings (SSSR count). The summed E-state index contributed by atoms with van der Waals surface area (Å²) < 4.78 is 5.25. The predicted octanol–water partition coefficient (Wildman–Crippen LogP) is 5.44. The average molecular weight is 499 g/mol. The number of hydrogen-bond donors (Lipinski definition) is 1. The van der Waals surface area contributed by atoms with Crippen molar-refractivity contribution < 1.29 is 14.0 Å². The Balaban J connectivity index is 1.22. The number of carbonyl (C=O) groups is 2. The molecule has 2 aromatic carbocycles. The molecule has 1 saturated heterocycles. The van der Waals surface area contributed by atoms with Gasteiger partial charge in [0.25, 0.3) is 0 Å². The van der Waals surface area contributed by atoms with Gasteiger partial charge in [-0.15, -0.1) is 0 Å². The molecular weight excluding hydrogens is 471 g/mol. The first-order chi connectivity index (χ1) is 16.5. The maximum absolute atomic E-state index is 12.8. The van der Waals surface area contributed by atoms with E-state index in [9.17, 15) is 9.59 Å². The second-order valence-corrected chi connectivity index (χ2v) is 9.49. The molecule has 1 aromatic heterocycles. The van der Waals surface area contributed by atoms with E-state index in [0.717, 1.165) is 24.2 Å². The molecule has 1 N–H and O–H groups in total.